The van der Waals surface area contributed by atoms with E-state index in [9.17, 15) is 4.79 Å². The van der Waals surface area contributed by atoms with E-state index in [1.54, 1.807) is 12.3 Å². The molecule has 0 aliphatic rings. The van der Waals surface area contributed by atoms with Gasteiger partial charge in [0, 0.05) is 39.1 Å². The van der Waals surface area contributed by atoms with Crippen LogP contribution in [0.4, 0.5) is 0 Å². The summed E-state index contributed by atoms with van der Waals surface area (Å²) in [6.07, 6.45) is 3.81. The Hall–Kier alpha value is -4.75. The van der Waals surface area contributed by atoms with Gasteiger partial charge in [0.2, 0.25) is 5.82 Å². The minimum Gasteiger partial charge on any atom is -0.453 e. The first-order valence-corrected chi connectivity index (χ1v) is 13.7. The van der Waals surface area contributed by atoms with E-state index in [2.05, 4.69) is 70.0 Å². The Kier molecular flexibility index (Phi) is 5.94. The first kappa shape index (κ1) is 24.3. The Morgan fingerprint density at radius 1 is 0.925 bits per heavy atom. The van der Waals surface area contributed by atoms with Crippen molar-refractivity contribution in [2.75, 3.05) is 0 Å². The first-order chi connectivity index (χ1) is 19.5. The van der Waals surface area contributed by atoms with Gasteiger partial charge >= 0.3 is 0 Å². The number of aromatic nitrogens is 3. The smallest absolute Gasteiger partial charge is 0.282 e. The Labute approximate surface area is 237 Å². The van der Waals surface area contributed by atoms with Crippen LogP contribution in [0.15, 0.2) is 122 Å². The Morgan fingerprint density at radius 2 is 1.70 bits per heavy atom. The molecule has 0 unspecified atom stereocenters. The second kappa shape index (κ2) is 9.77. The van der Waals surface area contributed by atoms with E-state index in [1.165, 1.54) is 15.8 Å². The second-order valence-corrected chi connectivity index (χ2v) is 10.7. The van der Waals surface area contributed by atoms with Crippen LogP contribution in [0.25, 0.3) is 44.4 Å². The van der Waals surface area contributed by atoms with Crippen LogP contribution in [0.5, 0.6) is 0 Å². The lowest BCUT2D eigenvalue weighted by molar-refractivity contribution is 0.616. The minimum atomic E-state index is -0.262. The molecule has 0 amide bonds. The van der Waals surface area contributed by atoms with Gasteiger partial charge in [0.1, 0.15) is 5.58 Å². The number of para-hydroxylation sites is 2. The molecule has 4 aromatic carbocycles. The third-order valence-corrected chi connectivity index (χ3v) is 7.55. The van der Waals surface area contributed by atoms with Gasteiger partial charge in [0.25, 0.3) is 5.56 Å². The van der Waals surface area contributed by atoms with Crippen LogP contribution in [0.1, 0.15) is 16.7 Å². The van der Waals surface area contributed by atoms with Crippen molar-refractivity contribution in [2.24, 2.45) is 5.10 Å². The zero-order chi connectivity index (χ0) is 27.2. The summed E-state index contributed by atoms with van der Waals surface area (Å²) in [4.78, 5) is 18.5. The maximum Gasteiger partial charge on any atom is 0.282 e. The average molecular weight is 587 g/mol. The molecule has 6 nitrogen and oxygen atoms in total. The zero-order valence-electron chi connectivity index (χ0n) is 21.6. The van der Waals surface area contributed by atoms with Crippen molar-refractivity contribution in [2.45, 2.75) is 13.5 Å². The molecule has 0 bridgehead atoms. The predicted octanol–water partition coefficient (Wildman–Crippen LogP) is 7.77. The highest BCUT2D eigenvalue weighted by atomic mass is 79.9. The van der Waals surface area contributed by atoms with Crippen molar-refractivity contribution in [3.8, 4) is 11.6 Å². The van der Waals surface area contributed by atoms with E-state index in [4.69, 9.17) is 14.5 Å². The highest BCUT2D eigenvalue weighted by Crippen LogP contribution is 2.29. The minimum absolute atomic E-state index is 0.262. The van der Waals surface area contributed by atoms with E-state index in [1.807, 2.05) is 54.6 Å². The largest absolute Gasteiger partial charge is 0.453 e. The van der Waals surface area contributed by atoms with Crippen molar-refractivity contribution < 1.29 is 4.42 Å². The molecule has 40 heavy (non-hydrogen) atoms. The van der Waals surface area contributed by atoms with Gasteiger partial charge in [-0.25, -0.2) is 4.98 Å². The van der Waals surface area contributed by atoms with Gasteiger partial charge in [-0.1, -0.05) is 76.1 Å². The van der Waals surface area contributed by atoms with E-state index >= 15 is 0 Å². The molecule has 7 aromatic rings. The standard InChI is InChI=1S/C33H23BrN4O2/c1-21-10-12-22(13-11-21)19-37-20-24(26-6-3-5-9-29(26)37)18-35-38-32(36-28-8-4-2-7-27(28)33(38)39)31-17-23-16-25(34)14-15-30(23)40-31/h2-18,20H,19H2,1H3. The number of aryl methyl sites for hydroxylation is 1. The zero-order valence-corrected chi connectivity index (χ0v) is 23.2. The highest BCUT2D eigenvalue weighted by molar-refractivity contribution is 9.10. The molecule has 0 radical (unpaired) electrons. The number of fused-ring (bicyclic) bond motifs is 3. The second-order valence-electron chi connectivity index (χ2n) is 9.82. The van der Waals surface area contributed by atoms with Crippen molar-refractivity contribution in [3.63, 3.8) is 0 Å². The molecule has 0 N–H and O–H groups in total. The van der Waals surface area contributed by atoms with Gasteiger partial charge in [0.05, 0.1) is 17.1 Å². The number of halogens is 1. The number of benzene rings is 4. The summed E-state index contributed by atoms with van der Waals surface area (Å²) in [6, 6.07) is 31.7. The Balaban J connectivity index is 1.37. The molecular weight excluding hydrogens is 564 g/mol. The summed E-state index contributed by atoms with van der Waals surface area (Å²) in [5.41, 5.74) is 5.47. The summed E-state index contributed by atoms with van der Waals surface area (Å²) in [6.45, 7) is 2.82. The van der Waals surface area contributed by atoms with Crippen molar-refractivity contribution >= 4 is 54.9 Å². The lowest BCUT2D eigenvalue weighted by atomic mass is 10.1. The Morgan fingerprint density at radius 3 is 2.55 bits per heavy atom. The maximum absolute atomic E-state index is 13.7. The SMILES string of the molecule is Cc1ccc(Cn2cc(C=Nn3c(-c4cc5cc(Br)ccc5o4)nc4ccccc4c3=O)c3ccccc32)cc1. The molecular formula is C33H23BrN4O2. The molecule has 0 aliphatic heterocycles. The van der Waals surface area contributed by atoms with Crippen molar-refractivity contribution in [1.29, 1.82) is 0 Å². The normalized spacial score (nSPS) is 11.8. The molecule has 0 aliphatic carbocycles. The summed E-state index contributed by atoms with van der Waals surface area (Å²) in [5, 5.41) is 7.15. The van der Waals surface area contributed by atoms with Gasteiger partial charge in [-0.05, 0) is 55.0 Å². The van der Waals surface area contributed by atoms with Crippen LogP contribution in [-0.4, -0.2) is 20.4 Å². The number of nitrogens with zero attached hydrogens (tertiary/aromatic N) is 4. The summed E-state index contributed by atoms with van der Waals surface area (Å²) in [5.74, 6) is 0.811. The van der Waals surface area contributed by atoms with Gasteiger partial charge in [0.15, 0.2) is 5.76 Å². The van der Waals surface area contributed by atoms with Crippen LogP contribution >= 0.6 is 15.9 Å². The van der Waals surface area contributed by atoms with Crippen LogP contribution < -0.4 is 5.56 Å². The van der Waals surface area contributed by atoms with Crippen LogP contribution in [0.3, 0.4) is 0 Å². The molecule has 0 fully saturated rings. The maximum atomic E-state index is 13.7. The van der Waals surface area contributed by atoms with E-state index in [0.717, 1.165) is 32.9 Å². The van der Waals surface area contributed by atoms with E-state index < -0.39 is 0 Å². The quantitative estimate of drug-likeness (QED) is 0.193. The summed E-state index contributed by atoms with van der Waals surface area (Å²) < 4.78 is 10.6. The third-order valence-electron chi connectivity index (χ3n) is 7.06. The molecule has 194 valence electrons. The number of hydrogen-bond donors (Lipinski definition) is 0. The lowest BCUT2D eigenvalue weighted by Gasteiger charge is -2.07. The number of furan rings is 1. The van der Waals surface area contributed by atoms with Crippen LogP contribution in [-0.2, 0) is 6.54 Å². The fourth-order valence-electron chi connectivity index (χ4n) is 5.03. The topological polar surface area (TPSA) is 65.3 Å². The Bertz CT molecular complexity index is 2130. The van der Waals surface area contributed by atoms with E-state index in [-0.39, 0.29) is 5.56 Å². The molecule has 0 atom stereocenters. The van der Waals surface area contributed by atoms with Gasteiger partial charge in [-0.15, -0.1) is 0 Å². The molecule has 3 heterocycles. The predicted molar refractivity (Wildman–Crippen MR) is 164 cm³/mol. The van der Waals surface area contributed by atoms with Crippen LogP contribution in [0, 0.1) is 6.92 Å². The molecule has 7 rings (SSSR count). The third kappa shape index (κ3) is 4.34. The monoisotopic (exact) mass is 586 g/mol. The molecule has 0 saturated heterocycles. The number of hydrogen-bond acceptors (Lipinski definition) is 4. The van der Waals surface area contributed by atoms with Crippen molar-refractivity contribution in [3.05, 3.63) is 135 Å². The fraction of sp³-hybridized carbons (Fsp3) is 0.0606. The molecule has 3 aromatic heterocycles. The average Bonchev–Trinajstić information content (AvgIpc) is 3.55. The summed E-state index contributed by atoms with van der Waals surface area (Å²) >= 11 is 3.51. The van der Waals surface area contributed by atoms with Crippen LogP contribution in [0.2, 0.25) is 0 Å². The van der Waals surface area contributed by atoms with Crippen molar-refractivity contribution in [1.82, 2.24) is 14.2 Å². The first-order valence-electron chi connectivity index (χ1n) is 12.9. The number of rotatable bonds is 5. The van der Waals surface area contributed by atoms with E-state index in [0.29, 0.717) is 28.1 Å². The summed E-state index contributed by atoms with van der Waals surface area (Å²) in [7, 11) is 0. The lowest BCUT2D eigenvalue weighted by Crippen LogP contribution is -2.20. The van der Waals surface area contributed by atoms with Gasteiger partial charge in [-0.3, -0.25) is 4.79 Å². The molecule has 0 spiro atoms. The highest BCUT2D eigenvalue weighted by Gasteiger charge is 2.17. The fourth-order valence-corrected chi connectivity index (χ4v) is 5.41. The van der Waals surface area contributed by atoms with Gasteiger partial charge in [-0.2, -0.15) is 9.78 Å². The molecule has 7 heteroatoms. The molecule has 0 saturated carbocycles. The van der Waals surface area contributed by atoms with Gasteiger partial charge < -0.3 is 8.98 Å².